The average Bonchev–Trinajstić information content (AvgIpc) is 3.05. The van der Waals surface area contributed by atoms with E-state index in [2.05, 4.69) is 22.2 Å². The number of aryl methyl sites for hydroxylation is 4. The van der Waals surface area contributed by atoms with Gasteiger partial charge in [-0.3, -0.25) is 0 Å². The molecular weight excluding hydrogens is 362 g/mol. The van der Waals surface area contributed by atoms with Gasteiger partial charge in [-0.2, -0.15) is 0 Å². The van der Waals surface area contributed by atoms with Crippen LogP contribution < -0.4 is 4.72 Å². The van der Waals surface area contributed by atoms with Crippen LogP contribution in [-0.4, -0.2) is 15.0 Å². The smallest absolute Gasteiger partial charge is 0.211 e. The van der Waals surface area contributed by atoms with Gasteiger partial charge in [0.05, 0.1) is 4.90 Å². The van der Waals surface area contributed by atoms with Crippen LogP contribution in [0.4, 0.5) is 0 Å². The quantitative estimate of drug-likeness (QED) is 0.510. The second-order valence-electron chi connectivity index (χ2n) is 7.08. The summed E-state index contributed by atoms with van der Waals surface area (Å²) in [6.45, 7) is 6.24. The maximum absolute atomic E-state index is 12.6. The molecule has 144 valence electrons. The molecule has 0 spiro atoms. The fraction of sp³-hybridized carbons (Fsp3) is 0.524. The molecule has 1 aromatic carbocycles. The maximum Gasteiger partial charge on any atom is 0.241 e. The summed E-state index contributed by atoms with van der Waals surface area (Å²) in [5.74, 6) is 0. The molecule has 0 unspecified atom stereocenters. The second kappa shape index (κ2) is 10.2. The van der Waals surface area contributed by atoms with Crippen LogP contribution in [0.3, 0.4) is 0 Å². The van der Waals surface area contributed by atoms with E-state index < -0.39 is 10.0 Å². The van der Waals surface area contributed by atoms with E-state index in [-0.39, 0.29) is 0 Å². The summed E-state index contributed by atoms with van der Waals surface area (Å²) in [4.78, 5) is 1.91. The third kappa shape index (κ3) is 6.53. The molecule has 0 aliphatic heterocycles. The predicted molar refractivity (Wildman–Crippen MR) is 112 cm³/mol. The summed E-state index contributed by atoms with van der Waals surface area (Å²) in [5, 5.41) is 2.13. The first-order valence-electron chi connectivity index (χ1n) is 9.50. The van der Waals surface area contributed by atoms with Crippen LogP contribution in [0.25, 0.3) is 0 Å². The van der Waals surface area contributed by atoms with Crippen molar-refractivity contribution >= 4 is 21.4 Å². The number of hydrogen-bond donors (Lipinski definition) is 1. The lowest BCUT2D eigenvalue weighted by molar-refractivity contribution is 0.564. The minimum atomic E-state index is -3.41. The van der Waals surface area contributed by atoms with E-state index >= 15 is 0 Å². The Morgan fingerprint density at radius 1 is 0.923 bits per heavy atom. The van der Waals surface area contributed by atoms with Crippen molar-refractivity contribution in [2.75, 3.05) is 6.54 Å². The van der Waals surface area contributed by atoms with Crippen molar-refractivity contribution in [2.24, 2.45) is 0 Å². The lowest BCUT2D eigenvalue weighted by Crippen LogP contribution is -2.26. The molecule has 0 amide bonds. The van der Waals surface area contributed by atoms with Crippen LogP contribution in [0.1, 0.15) is 60.1 Å². The van der Waals surface area contributed by atoms with Gasteiger partial charge in [-0.15, -0.1) is 11.3 Å². The molecule has 2 aromatic rings. The maximum atomic E-state index is 12.6. The molecular formula is C21H31NO2S2. The molecule has 2 rings (SSSR count). The zero-order valence-corrected chi connectivity index (χ0v) is 17.8. The molecule has 0 bridgehead atoms. The molecule has 3 nitrogen and oxygen atoms in total. The van der Waals surface area contributed by atoms with E-state index in [0.717, 1.165) is 29.5 Å². The summed E-state index contributed by atoms with van der Waals surface area (Å²) in [5.41, 5.74) is 2.74. The molecule has 1 aromatic heterocycles. The third-order valence-electron chi connectivity index (χ3n) is 4.60. The van der Waals surface area contributed by atoms with E-state index in [1.165, 1.54) is 37.0 Å². The Balaban J connectivity index is 1.63. The molecule has 0 aliphatic carbocycles. The lowest BCUT2D eigenvalue weighted by atomic mass is 10.1. The molecule has 0 atom stereocenters. The first-order chi connectivity index (χ1) is 12.4. The van der Waals surface area contributed by atoms with Crippen LogP contribution in [-0.2, 0) is 16.4 Å². The Kier molecular flexibility index (Phi) is 8.32. The molecule has 0 saturated carbocycles. The van der Waals surface area contributed by atoms with Gasteiger partial charge >= 0.3 is 0 Å². The van der Waals surface area contributed by atoms with Crippen molar-refractivity contribution in [1.29, 1.82) is 0 Å². The van der Waals surface area contributed by atoms with Crippen molar-refractivity contribution < 1.29 is 8.42 Å². The second-order valence-corrected chi connectivity index (χ2v) is 9.81. The predicted octanol–water partition coefficient (Wildman–Crippen LogP) is 5.53. The fourth-order valence-electron chi connectivity index (χ4n) is 3.46. The monoisotopic (exact) mass is 393 g/mol. The molecule has 1 heterocycles. The van der Waals surface area contributed by atoms with Crippen molar-refractivity contribution in [1.82, 2.24) is 4.72 Å². The molecule has 0 aliphatic rings. The van der Waals surface area contributed by atoms with Gasteiger partial charge in [0.2, 0.25) is 10.0 Å². The Bertz CT molecular complexity index is 757. The van der Waals surface area contributed by atoms with Gasteiger partial charge in [-0.1, -0.05) is 49.4 Å². The zero-order valence-electron chi connectivity index (χ0n) is 16.2. The van der Waals surface area contributed by atoms with Crippen LogP contribution >= 0.6 is 11.3 Å². The highest BCUT2D eigenvalue weighted by Crippen LogP contribution is 2.21. The standard InChI is InChI=1S/C21H31NO2S2/c1-17-15-18(2)21(19(3)16-17)26(23,24)22-13-9-7-5-4-6-8-11-20-12-10-14-25-20/h10,12,14-16,22H,4-9,11,13H2,1-3H3. The largest absolute Gasteiger partial charge is 0.241 e. The highest BCUT2D eigenvalue weighted by Gasteiger charge is 2.19. The van der Waals surface area contributed by atoms with Crippen LogP contribution in [0.15, 0.2) is 34.5 Å². The first-order valence-corrected chi connectivity index (χ1v) is 11.9. The van der Waals surface area contributed by atoms with Crippen LogP contribution in [0, 0.1) is 20.8 Å². The highest BCUT2D eigenvalue weighted by atomic mass is 32.2. The Morgan fingerprint density at radius 3 is 2.15 bits per heavy atom. The summed E-state index contributed by atoms with van der Waals surface area (Å²) in [7, 11) is -3.41. The molecule has 0 fully saturated rings. The van der Waals surface area contributed by atoms with Gasteiger partial charge in [-0.25, -0.2) is 13.1 Å². The molecule has 0 saturated heterocycles. The van der Waals surface area contributed by atoms with E-state index in [1.807, 2.05) is 44.2 Å². The number of nitrogens with one attached hydrogen (secondary N) is 1. The van der Waals surface area contributed by atoms with Crippen LogP contribution in [0.5, 0.6) is 0 Å². The average molecular weight is 394 g/mol. The van der Waals surface area contributed by atoms with Gasteiger partial charge < -0.3 is 0 Å². The first kappa shape index (κ1) is 21.1. The minimum Gasteiger partial charge on any atom is -0.211 e. The summed E-state index contributed by atoms with van der Waals surface area (Å²) in [6.07, 6.45) is 8.07. The Hall–Kier alpha value is -1.17. The summed E-state index contributed by atoms with van der Waals surface area (Å²) in [6, 6.07) is 8.17. The fourth-order valence-corrected chi connectivity index (χ4v) is 5.73. The zero-order chi connectivity index (χ0) is 19.0. The van der Waals surface area contributed by atoms with E-state index in [4.69, 9.17) is 0 Å². The number of rotatable bonds is 11. The summed E-state index contributed by atoms with van der Waals surface area (Å²) >= 11 is 1.84. The molecule has 26 heavy (non-hydrogen) atoms. The number of sulfonamides is 1. The lowest BCUT2D eigenvalue weighted by Gasteiger charge is -2.13. The third-order valence-corrected chi connectivity index (χ3v) is 7.30. The van der Waals surface area contributed by atoms with Gasteiger partial charge in [0, 0.05) is 11.4 Å². The molecule has 0 radical (unpaired) electrons. The van der Waals surface area contributed by atoms with Crippen LogP contribution in [0.2, 0.25) is 0 Å². The van der Waals surface area contributed by atoms with Gasteiger partial charge in [0.15, 0.2) is 0 Å². The topological polar surface area (TPSA) is 46.2 Å². The van der Waals surface area contributed by atoms with Crippen molar-refractivity contribution in [3.63, 3.8) is 0 Å². The van der Waals surface area contributed by atoms with Crippen molar-refractivity contribution in [3.8, 4) is 0 Å². The minimum absolute atomic E-state index is 0.441. The highest BCUT2D eigenvalue weighted by molar-refractivity contribution is 7.89. The summed E-state index contributed by atoms with van der Waals surface area (Å²) < 4.78 is 27.9. The molecule has 1 N–H and O–H groups in total. The number of hydrogen-bond acceptors (Lipinski definition) is 3. The number of unbranched alkanes of at least 4 members (excludes halogenated alkanes) is 5. The Morgan fingerprint density at radius 2 is 1.54 bits per heavy atom. The van der Waals surface area contributed by atoms with E-state index in [1.54, 1.807) is 0 Å². The van der Waals surface area contributed by atoms with Gasteiger partial charge in [-0.05, 0) is 62.6 Å². The Labute approximate surface area is 162 Å². The van der Waals surface area contributed by atoms with E-state index in [0.29, 0.717) is 11.4 Å². The molecule has 5 heteroatoms. The number of benzene rings is 1. The van der Waals surface area contributed by atoms with Crippen molar-refractivity contribution in [3.05, 3.63) is 51.2 Å². The SMILES string of the molecule is Cc1cc(C)c(S(=O)(=O)NCCCCCCCCc2cccs2)c(C)c1. The van der Waals surface area contributed by atoms with Gasteiger partial charge in [0.25, 0.3) is 0 Å². The van der Waals surface area contributed by atoms with E-state index in [9.17, 15) is 8.42 Å². The van der Waals surface area contributed by atoms with Gasteiger partial charge in [0.1, 0.15) is 0 Å². The van der Waals surface area contributed by atoms with Crippen molar-refractivity contribution in [2.45, 2.75) is 70.6 Å². The normalized spacial score (nSPS) is 11.8. The number of thiophene rings is 1.